The predicted molar refractivity (Wildman–Crippen MR) is 120 cm³/mol. The summed E-state index contributed by atoms with van der Waals surface area (Å²) in [6.45, 7) is 6.26. The molecule has 0 aliphatic carbocycles. The van der Waals surface area contributed by atoms with Crippen molar-refractivity contribution < 1.29 is 34.0 Å². The molecule has 4 rings (SSSR count). The molecule has 9 nitrogen and oxygen atoms in total. The van der Waals surface area contributed by atoms with Crippen molar-refractivity contribution in [3.05, 3.63) is 40.6 Å². The molecule has 1 unspecified atom stereocenters. The van der Waals surface area contributed by atoms with Crippen LogP contribution in [0.1, 0.15) is 25.8 Å². The van der Waals surface area contributed by atoms with Crippen molar-refractivity contribution in [2.45, 2.75) is 32.4 Å². The van der Waals surface area contributed by atoms with Crippen LogP contribution in [0.15, 0.2) is 30.0 Å². The van der Waals surface area contributed by atoms with Gasteiger partial charge in [-0.1, -0.05) is 25.4 Å². The second-order valence-electron chi connectivity index (χ2n) is 8.50. The van der Waals surface area contributed by atoms with Gasteiger partial charge in [-0.05, 0) is 24.5 Å². The van der Waals surface area contributed by atoms with Gasteiger partial charge in [-0.2, -0.15) is 0 Å². The van der Waals surface area contributed by atoms with Gasteiger partial charge in [0.2, 0.25) is 0 Å². The largest absolute Gasteiger partial charge is 0.492 e. The molecular formula is C23H27ClN2O7. The molecular weight excluding hydrogens is 452 g/mol. The molecule has 178 valence electrons. The summed E-state index contributed by atoms with van der Waals surface area (Å²) in [6, 6.07) is 3.28. The second-order valence-corrected chi connectivity index (χ2v) is 8.91. The molecule has 3 aliphatic heterocycles. The fraction of sp³-hybridized carbons (Fsp3) is 0.478. The number of carbonyl (C=O) groups is 2. The number of aliphatic carboxylic acids is 1. The Labute approximate surface area is 196 Å². The van der Waals surface area contributed by atoms with Gasteiger partial charge in [0.05, 0.1) is 35.5 Å². The molecule has 0 aromatic heterocycles. The van der Waals surface area contributed by atoms with Gasteiger partial charge in [-0.3, -0.25) is 0 Å². The van der Waals surface area contributed by atoms with E-state index in [2.05, 4.69) is 0 Å². The maximum atomic E-state index is 11.6. The van der Waals surface area contributed by atoms with Crippen molar-refractivity contribution in [3.63, 3.8) is 0 Å². The van der Waals surface area contributed by atoms with E-state index in [1.165, 1.54) is 12.3 Å². The zero-order chi connectivity index (χ0) is 23.7. The van der Waals surface area contributed by atoms with Gasteiger partial charge >= 0.3 is 12.1 Å². The number of aliphatic hydroxyl groups is 1. The third-order valence-electron chi connectivity index (χ3n) is 5.96. The van der Waals surface area contributed by atoms with Crippen LogP contribution in [0.4, 0.5) is 4.79 Å². The lowest BCUT2D eigenvalue weighted by Crippen LogP contribution is -2.40. The van der Waals surface area contributed by atoms with E-state index in [0.717, 1.165) is 0 Å². The van der Waals surface area contributed by atoms with Gasteiger partial charge in [0, 0.05) is 24.4 Å². The molecule has 0 radical (unpaired) electrons. The summed E-state index contributed by atoms with van der Waals surface area (Å²) in [6.07, 6.45) is 2.05. The number of rotatable bonds is 7. The number of carbonyl (C=O) groups excluding carboxylic acids is 1. The molecule has 1 amide bonds. The fourth-order valence-corrected chi connectivity index (χ4v) is 4.32. The number of halogens is 1. The van der Waals surface area contributed by atoms with Crippen LogP contribution in [0, 0.1) is 5.92 Å². The van der Waals surface area contributed by atoms with Gasteiger partial charge in [0.1, 0.15) is 30.8 Å². The quantitative estimate of drug-likeness (QED) is 0.576. The van der Waals surface area contributed by atoms with E-state index in [1.807, 2.05) is 18.7 Å². The van der Waals surface area contributed by atoms with E-state index in [9.17, 15) is 19.8 Å². The first-order valence-electron chi connectivity index (χ1n) is 10.9. The topological polar surface area (TPSA) is 109 Å². The molecule has 0 spiro atoms. The van der Waals surface area contributed by atoms with Gasteiger partial charge in [-0.15, -0.1) is 0 Å². The van der Waals surface area contributed by atoms with E-state index in [1.54, 1.807) is 17.0 Å². The smallest absolute Gasteiger partial charge is 0.409 e. The molecule has 2 N–H and O–H groups in total. The Morgan fingerprint density at radius 2 is 2.12 bits per heavy atom. The molecule has 0 bridgehead atoms. The molecule has 2 atom stereocenters. The Bertz CT molecular complexity index is 1010. The van der Waals surface area contributed by atoms with E-state index in [0.29, 0.717) is 67.1 Å². The maximum absolute atomic E-state index is 11.6. The molecule has 10 heteroatoms. The van der Waals surface area contributed by atoms with Crippen LogP contribution in [-0.2, 0) is 9.53 Å². The predicted octanol–water partition coefficient (Wildman–Crippen LogP) is 2.96. The average Bonchev–Trinajstić information content (AvgIpc) is 3.10. The minimum Gasteiger partial charge on any atom is -0.492 e. The number of ether oxygens (including phenoxy) is 3. The van der Waals surface area contributed by atoms with E-state index >= 15 is 0 Å². The Morgan fingerprint density at radius 1 is 1.33 bits per heavy atom. The van der Waals surface area contributed by atoms with Gasteiger partial charge < -0.3 is 34.2 Å². The molecule has 0 saturated carbocycles. The Hall–Kier alpha value is -2.91. The summed E-state index contributed by atoms with van der Waals surface area (Å²) in [4.78, 5) is 26.6. The van der Waals surface area contributed by atoms with Crippen LogP contribution in [0.5, 0.6) is 11.5 Å². The molecule has 1 aromatic rings. The summed E-state index contributed by atoms with van der Waals surface area (Å²) in [5, 5.41) is 20.2. The first kappa shape index (κ1) is 23.3. The number of nitrogens with zero attached hydrogens (tertiary/aromatic N) is 2. The standard InChI is InChI=1S/C23H27ClN2O7/c1-13(2)18-12-33-20-10-21(31-6-3-4-25-5-7-32-23(25)30)16(24)8-14(20)17-9-19(27)15(22(28)29)11-26(17)18/h8-11,13,18-19,27H,3-7,12H2,1-2H3,(H,28,29)/t18-,19?/m0/s1. The number of amides is 1. The Morgan fingerprint density at radius 3 is 2.79 bits per heavy atom. The summed E-state index contributed by atoms with van der Waals surface area (Å²) in [5.74, 6) is -0.0358. The summed E-state index contributed by atoms with van der Waals surface area (Å²) >= 11 is 6.51. The number of benzene rings is 1. The Kier molecular flexibility index (Phi) is 6.71. The number of fused-ring (bicyclic) bond motifs is 3. The SMILES string of the molecule is CC(C)[C@@H]1COc2cc(OCCCN3CCOC3=O)c(Cl)cc2C2=CC(O)C(C(=O)O)=CN21. The number of aliphatic hydroxyl groups excluding tert-OH is 1. The summed E-state index contributed by atoms with van der Waals surface area (Å²) in [5.41, 5.74) is 1.19. The molecule has 3 heterocycles. The van der Waals surface area contributed by atoms with Crippen LogP contribution in [0.3, 0.4) is 0 Å². The maximum Gasteiger partial charge on any atom is 0.409 e. The highest BCUT2D eigenvalue weighted by molar-refractivity contribution is 6.32. The van der Waals surface area contributed by atoms with Crippen LogP contribution < -0.4 is 9.47 Å². The van der Waals surface area contributed by atoms with Crippen molar-refractivity contribution in [1.29, 1.82) is 0 Å². The van der Waals surface area contributed by atoms with Crippen molar-refractivity contribution in [2.24, 2.45) is 5.92 Å². The Balaban J connectivity index is 1.56. The van der Waals surface area contributed by atoms with Crippen molar-refractivity contribution >= 4 is 29.4 Å². The van der Waals surface area contributed by atoms with Crippen molar-refractivity contribution in [3.8, 4) is 11.5 Å². The van der Waals surface area contributed by atoms with Crippen LogP contribution in [-0.4, -0.2) is 77.1 Å². The zero-order valence-electron chi connectivity index (χ0n) is 18.5. The van der Waals surface area contributed by atoms with Gasteiger partial charge in [0.25, 0.3) is 0 Å². The lowest BCUT2D eigenvalue weighted by atomic mass is 9.96. The minimum absolute atomic E-state index is 0.0965. The fourth-order valence-electron chi connectivity index (χ4n) is 4.11. The molecule has 3 aliphatic rings. The van der Waals surface area contributed by atoms with Gasteiger partial charge in [0.15, 0.2) is 0 Å². The molecule has 33 heavy (non-hydrogen) atoms. The van der Waals surface area contributed by atoms with E-state index in [4.69, 9.17) is 25.8 Å². The van der Waals surface area contributed by atoms with Crippen LogP contribution >= 0.6 is 11.6 Å². The number of hydrogen-bond donors (Lipinski definition) is 2. The van der Waals surface area contributed by atoms with Crippen molar-refractivity contribution in [2.75, 3.05) is 32.9 Å². The lowest BCUT2D eigenvalue weighted by Gasteiger charge is -2.36. The van der Waals surface area contributed by atoms with Crippen LogP contribution in [0.2, 0.25) is 5.02 Å². The average molecular weight is 479 g/mol. The first-order valence-corrected chi connectivity index (χ1v) is 11.3. The van der Waals surface area contributed by atoms with Crippen molar-refractivity contribution in [1.82, 2.24) is 9.80 Å². The highest BCUT2D eigenvalue weighted by Gasteiger charge is 2.35. The normalized spacial score (nSPS) is 22.0. The highest BCUT2D eigenvalue weighted by atomic mass is 35.5. The highest BCUT2D eigenvalue weighted by Crippen LogP contribution is 2.42. The first-order chi connectivity index (χ1) is 15.8. The summed E-state index contributed by atoms with van der Waals surface area (Å²) < 4.78 is 16.9. The zero-order valence-corrected chi connectivity index (χ0v) is 19.2. The molecule has 1 saturated heterocycles. The van der Waals surface area contributed by atoms with E-state index < -0.39 is 12.1 Å². The minimum atomic E-state index is -1.25. The van der Waals surface area contributed by atoms with Gasteiger partial charge in [-0.25, -0.2) is 9.59 Å². The lowest BCUT2D eigenvalue weighted by molar-refractivity contribution is -0.133. The van der Waals surface area contributed by atoms with Crippen LogP contribution in [0.25, 0.3) is 5.70 Å². The molecule has 1 fully saturated rings. The third kappa shape index (κ3) is 4.74. The third-order valence-corrected chi connectivity index (χ3v) is 6.25. The summed E-state index contributed by atoms with van der Waals surface area (Å²) in [7, 11) is 0. The number of carboxylic acids is 1. The molecule has 1 aromatic carbocycles. The number of carboxylic acid groups (broad SMARTS) is 1. The monoisotopic (exact) mass is 478 g/mol. The number of hydrogen-bond acceptors (Lipinski definition) is 7. The van der Waals surface area contributed by atoms with E-state index in [-0.39, 0.29) is 23.6 Å². The number of cyclic esters (lactones) is 1. The second kappa shape index (κ2) is 9.52.